The molecule has 30 heteroatoms. The molecule has 2 saturated heterocycles. The van der Waals surface area contributed by atoms with E-state index in [1.165, 1.54) is 41.7 Å². The van der Waals surface area contributed by atoms with Crippen LogP contribution in [0.3, 0.4) is 0 Å². The number of aromatic hydroxyl groups is 1. The molecule has 4 aromatic carbocycles. The minimum absolute atomic E-state index is 0.00766. The van der Waals surface area contributed by atoms with Crippen LogP contribution in [0, 0.1) is 5.92 Å². The normalized spacial score (nSPS) is 16.5. The number of benzene rings is 4. The van der Waals surface area contributed by atoms with E-state index in [9.17, 15) is 53.4 Å². The molecule has 0 saturated carbocycles. The quantitative estimate of drug-likeness (QED) is 0.0125. The third-order valence-corrected chi connectivity index (χ3v) is 16.5. The molecule has 96 heavy (non-hydrogen) atoms. The van der Waals surface area contributed by atoms with Gasteiger partial charge in [0.15, 0.2) is 5.96 Å². The number of carbonyl (C=O) groups excluding carboxylic acids is 11. The van der Waals surface area contributed by atoms with E-state index in [0.717, 1.165) is 10.8 Å². The number of aliphatic imine (C=N–C) groups is 1. The number of fused-ring (bicyclic) bond motifs is 2. The number of carbonyl (C=O) groups is 11. The fraction of sp³-hybridized carbons (Fsp3) is 0.409. The van der Waals surface area contributed by atoms with Gasteiger partial charge in [-0.25, -0.2) is 4.98 Å². The zero-order valence-electron chi connectivity index (χ0n) is 53.2. The molecule has 0 aliphatic carbocycles. The number of likely N-dealkylation sites (tertiary alicyclic amines) is 1. The van der Waals surface area contributed by atoms with Crippen molar-refractivity contribution in [1.82, 2.24) is 67.7 Å². The Balaban J connectivity index is 1.06. The van der Waals surface area contributed by atoms with Gasteiger partial charge in [-0.2, -0.15) is 0 Å². The van der Waals surface area contributed by atoms with E-state index >= 15 is 9.59 Å². The largest absolute Gasteiger partial charge is 0.508 e. The lowest BCUT2D eigenvalue weighted by molar-refractivity contribution is -0.142. The molecule has 0 spiro atoms. The Morgan fingerprint density at radius 3 is 1.89 bits per heavy atom. The fourth-order valence-corrected chi connectivity index (χ4v) is 11.6. The minimum Gasteiger partial charge on any atom is -0.508 e. The van der Waals surface area contributed by atoms with Crippen LogP contribution in [0.25, 0.3) is 21.7 Å². The highest BCUT2D eigenvalue weighted by molar-refractivity contribution is 6.00. The van der Waals surface area contributed by atoms with Crippen LogP contribution in [-0.4, -0.2) is 182 Å². The second kappa shape index (κ2) is 33.8. The van der Waals surface area contributed by atoms with E-state index in [2.05, 4.69) is 67.8 Å². The van der Waals surface area contributed by atoms with Gasteiger partial charge >= 0.3 is 0 Å². The molecule has 2 aromatic heterocycles. The molecular formula is C66H83N17O13. The molecule has 11 amide bonds. The Morgan fingerprint density at radius 1 is 0.656 bits per heavy atom. The topological polar surface area (TPSA) is 475 Å². The number of hydrogen-bond donors (Lipinski definition) is 16. The number of para-hydroxylation sites is 1. The summed E-state index contributed by atoms with van der Waals surface area (Å²) in [6.45, 7) is 2.34. The average Bonchev–Trinajstić information content (AvgIpc) is 1.91. The maximum absolute atomic E-state index is 15.1. The number of aliphatic hydroxyl groups is 1. The summed E-state index contributed by atoms with van der Waals surface area (Å²) < 4.78 is 0. The van der Waals surface area contributed by atoms with Gasteiger partial charge in [-0.1, -0.05) is 86.6 Å². The van der Waals surface area contributed by atoms with E-state index in [0.29, 0.717) is 39.7 Å². The van der Waals surface area contributed by atoms with Crippen LogP contribution in [0.1, 0.15) is 81.2 Å². The van der Waals surface area contributed by atoms with Crippen molar-refractivity contribution in [3.8, 4) is 5.75 Å². The first-order valence-electron chi connectivity index (χ1n) is 31.7. The van der Waals surface area contributed by atoms with Gasteiger partial charge in [-0.3, -0.25) is 57.7 Å². The van der Waals surface area contributed by atoms with Crippen molar-refractivity contribution in [2.45, 2.75) is 139 Å². The van der Waals surface area contributed by atoms with Gasteiger partial charge in [0.05, 0.1) is 19.5 Å². The first kappa shape index (κ1) is 70.9. The lowest BCUT2D eigenvalue weighted by Gasteiger charge is -2.30. The smallest absolute Gasteiger partial charge is 0.245 e. The van der Waals surface area contributed by atoms with Crippen molar-refractivity contribution in [2.24, 2.45) is 28.1 Å². The minimum atomic E-state index is -1.80. The monoisotopic (exact) mass is 1320 g/mol. The van der Waals surface area contributed by atoms with Gasteiger partial charge in [-0.15, -0.1) is 0 Å². The van der Waals surface area contributed by atoms with Crippen LogP contribution < -0.4 is 65.1 Å². The Morgan fingerprint density at radius 2 is 1.25 bits per heavy atom. The molecule has 4 heterocycles. The van der Waals surface area contributed by atoms with Crippen molar-refractivity contribution >= 4 is 92.6 Å². The number of phenols is 1. The zero-order chi connectivity index (χ0) is 69.0. The molecule has 510 valence electrons. The molecule has 6 aromatic rings. The standard InChI is InChI=1S/C66H83N17O13/c1-36(2)25-48(58(89)76-47(13-7-23-71-66(68)69)65(96)83-24-8-14-54(83)64(95)73-33-55(67)86)77-60(91)50(28-38-15-18-39-9-3-4-10-40(39)26-38)78-59(90)49(27-37-16-19-43(85)20-17-37)79-63(94)53(34-84)82-61(92)51(29-41-31-72-45-12-6-5-11-44(41)45)80-62(93)52(30-42-32-70-35-74-42)81-57(88)46-21-22-56(87)75-46/h3-6,9-12,15-20,26,31-32,35-36,46-54,72,84-85H,7-8,13-14,21-25,27-30,33-34H2,1-2H3,(H2,67,86)(H,70,74)(H,73,95)(H,75,87)(H,76,89)(H,77,91)(H,78,90)(H,79,94)(H,80,93)(H,81,88)(H,82,92)(H4,68,69,71)/t46-,47-,48-,49-,50+,51-,52-,53-,54+/m0/s1. The molecule has 30 nitrogen and oxygen atoms in total. The molecule has 0 unspecified atom stereocenters. The van der Waals surface area contributed by atoms with Crippen molar-refractivity contribution < 1.29 is 63.0 Å². The van der Waals surface area contributed by atoms with Crippen LogP contribution in [-0.2, 0) is 78.4 Å². The second-order valence-electron chi connectivity index (χ2n) is 24.3. The maximum atomic E-state index is 15.1. The average molecular weight is 1320 g/mol. The highest BCUT2D eigenvalue weighted by Crippen LogP contribution is 2.23. The molecule has 2 aliphatic heterocycles. The van der Waals surface area contributed by atoms with Crippen LogP contribution in [0.5, 0.6) is 5.75 Å². The summed E-state index contributed by atoms with van der Waals surface area (Å²) in [4.78, 5) is 169. The SMILES string of the molecule is CC(C)C[C@H](NC(=O)[C@@H](Cc1ccc2ccccc2c1)NC(=O)[C@H](Cc1ccc(O)cc1)NC(=O)[C@H](CO)NC(=O)[C@H](Cc1c[nH]c2ccccc12)NC(=O)[C@H](Cc1cnc[nH]1)NC(=O)[C@@H]1CCC(=O)N1)C(=O)N[C@@H](CCCN=C(N)N)C(=O)N1CCC[C@@H]1C(=O)NCC(N)=O. The lowest BCUT2D eigenvalue weighted by atomic mass is 9.98. The summed E-state index contributed by atoms with van der Waals surface area (Å²) >= 11 is 0. The number of primary amides is 1. The molecule has 0 radical (unpaired) electrons. The number of nitrogens with one attached hydrogen (secondary N) is 11. The van der Waals surface area contributed by atoms with E-state index < -0.39 is 127 Å². The summed E-state index contributed by atoms with van der Waals surface area (Å²) in [6, 6.07) is 13.5. The second-order valence-corrected chi connectivity index (χ2v) is 24.3. The highest BCUT2D eigenvalue weighted by Gasteiger charge is 2.40. The zero-order valence-corrected chi connectivity index (χ0v) is 53.2. The van der Waals surface area contributed by atoms with Gasteiger partial charge in [0.1, 0.15) is 60.1 Å². The Labute approximate surface area is 552 Å². The van der Waals surface area contributed by atoms with Gasteiger partial charge in [0, 0.05) is 74.2 Å². The number of rotatable bonds is 33. The van der Waals surface area contributed by atoms with Crippen molar-refractivity contribution in [3.63, 3.8) is 0 Å². The van der Waals surface area contributed by atoms with E-state index in [-0.39, 0.29) is 101 Å². The number of nitrogens with two attached hydrogens (primary N) is 3. The molecule has 2 fully saturated rings. The Hall–Kier alpha value is -10.9. The van der Waals surface area contributed by atoms with Crippen molar-refractivity contribution in [1.29, 1.82) is 0 Å². The molecule has 19 N–H and O–H groups in total. The summed E-state index contributed by atoms with van der Waals surface area (Å²) in [5.41, 5.74) is 19.1. The van der Waals surface area contributed by atoms with Crippen LogP contribution in [0.15, 0.2) is 115 Å². The third kappa shape index (κ3) is 20.1. The maximum Gasteiger partial charge on any atom is 0.245 e. The summed E-state index contributed by atoms with van der Waals surface area (Å²) in [6.07, 6.45) is 4.89. The number of H-pyrrole nitrogens is 2. The molecule has 0 bridgehead atoms. The van der Waals surface area contributed by atoms with Crippen LogP contribution in [0.2, 0.25) is 0 Å². The molecule has 8 rings (SSSR count). The van der Waals surface area contributed by atoms with Gasteiger partial charge in [-0.05, 0) is 90.1 Å². The van der Waals surface area contributed by atoms with Crippen LogP contribution >= 0.6 is 0 Å². The van der Waals surface area contributed by atoms with Crippen molar-refractivity contribution in [2.75, 3.05) is 26.2 Å². The number of amides is 11. The number of aromatic amines is 2. The Kier molecular flexibility index (Phi) is 25.0. The number of guanidine groups is 1. The first-order chi connectivity index (χ1) is 46.0. The predicted molar refractivity (Wildman–Crippen MR) is 352 cm³/mol. The summed E-state index contributed by atoms with van der Waals surface area (Å²) in [7, 11) is 0. The summed E-state index contributed by atoms with van der Waals surface area (Å²) in [5, 5.41) is 47.5. The molecular weight excluding hydrogens is 1240 g/mol. The van der Waals surface area contributed by atoms with Gasteiger partial charge < -0.3 is 90.1 Å². The fourth-order valence-electron chi connectivity index (χ4n) is 11.6. The van der Waals surface area contributed by atoms with Crippen molar-refractivity contribution in [3.05, 3.63) is 132 Å². The number of aliphatic hydroxyl groups excluding tert-OH is 1. The predicted octanol–water partition coefficient (Wildman–Crippen LogP) is -1.62. The van der Waals surface area contributed by atoms with E-state index in [1.54, 1.807) is 50.4 Å². The lowest BCUT2D eigenvalue weighted by Crippen LogP contribution is -2.61. The number of hydrogen-bond acceptors (Lipinski definition) is 15. The van der Waals surface area contributed by atoms with Crippen LogP contribution in [0.4, 0.5) is 0 Å². The summed E-state index contributed by atoms with van der Waals surface area (Å²) in [5.74, 6) is -9.01. The molecule has 2 aliphatic rings. The molecule has 9 atom stereocenters. The number of nitrogens with zero attached hydrogens (tertiary/aromatic N) is 3. The van der Waals surface area contributed by atoms with Gasteiger partial charge in [0.25, 0.3) is 0 Å². The van der Waals surface area contributed by atoms with Gasteiger partial charge in [0.2, 0.25) is 65.0 Å². The highest BCUT2D eigenvalue weighted by atomic mass is 16.3. The Bertz CT molecular complexity index is 3800. The third-order valence-electron chi connectivity index (χ3n) is 16.5. The number of phenolic OH excluding ortho intramolecular Hbond substituents is 1. The van der Waals surface area contributed by atoms with E-state index in [4.69, 9.17) is 17.2 Å². The first-order valence-corrected chi connectivity index (χ1v) is 31.7. The number of imidazole rings is 1. The number of aromatic nitrogens is 3. The van der Waals surface area contributed by atoms with E-state index in [1.807, 2.05) is 36.4 Å².